The number of anilines is 1. The largest absolute Gasteiger partial charge is 0.463 e. The first-order chi connectivity index (χ1) is 13.2. The van der Waals surface area contributed by atoms with Crippen molar-refractivity contribution >= 4 is 49.9 Å². The molecule has 0 saturated carbocycles. The number of fused-ring (bicyclic) bond motifs is 1. The van der Waals surface area contributed by atoms with E-state index in [0.717, 1.165) is 18.2 Å². The Labute approximate surface area is 169 Å². The van der Waals surface area contributed by atoms with Gasteiger partial charge in [-0.05, 0) is 12.1 Å². The monoisotopic (exact) mass is 513 g/mol. The third-order valence-electron chi connectivity index (χ3n) is 3.44. The van der Waals surface area contributed by atoms with Crippen LogP contribution in [0.15, 0.2) is 27.4 Å². The van der Waals surface area contributed by atoms with E-state index < -0.39 is 35.2 Å². The molecule has 1 heterocycles. The number of hydrogen-bond acceptors (Lipinski definition) is 4. The average molecular weight is 515 g/mol. The van der Waals surface area contributed by atoms with E-state index in [4.69, 9.17) is 20.8 Å². The van der Waals surface area contributed by atoms with Crippen molar-refractivity contribution in [3.8, 4) is 5.95 Å². The predicted molar refractivity (Wildman–Crippen MR) is 91.4 cm³/mol. The second kappa shape index (κ2) is 8.01. The summed E-state index contributed by atoms with van der Waals surface area (Å²) in [5.74, 6) is -16.0. The molecular formula is C15H8BrClF7NO4. The van der Waals surface area contributed by atoms with Gasteiger partial charge in [0.2, 0.25) is 0 Å². The van der Waals surface area contributed by atoms with Gasteiger partial charge >= 0.3 is 35.5 Å². The van der Waals surface area contributed by atoms with Crippen LogP contribution in [0.4, 0.5) is 36.4 Å². The minimum absolute atomic E-state index is 0.00197. The first-order valence-electron chi connectivity index (χ1n) is 7.33. The minimum atomic E-state index is -6.67. The summed E-state index contributed by atoms with van der Waals surface area (Å²) in [4.78, 5) is 23.4. The lowest BCUT2D eigenvalue weighted by Gasteiger charge is -2.27. The summed E-state index contributed by atoms with van der Waals surface area (Å²) < 4.78 is 99.1. The smallest absolute Gasteiger partial charge is 0.460 e. The minimum Gasteiger partial charge on any atom is -0.463 e. The Balaban J connectivity index is 2.40. The molecule has 0 spiro atoms. The van der Waals surface area contributed by atoms with Crippen molar-refractivity contribution in [1.82, 2.24) is 0 Å². The maximum atomic E-state index is 13.4. The molecule has 0 aliphatic carbocycles. The normalized spacial score (nSPS) is 12.9. The van der Waals surface area contributed by atoms with Crippen LogP contribution < -0.4 is 15.7 Å². The van der Waals surface area contributed by atoms with E-state index in [0.29, 0.717) is 5.33 Å². The lowest BCUT2D eigenvalue weighted by molar-refractivity contribution is -0.343. The fraction of sp³-hybridized carbons (Fsp3) is 0.333. The number of carbonyl (C=O) groups is 1. The Kier molecular flexibility index (Phi) is 6.43. The highest BCUT2D eigenvalue weighted by Crippen LogP contribution is 2.47. The van der Waals surface area contributed by atoms with E-state index in [1.54, 1.807) is 0 Å². The lowest BCUT2D eigenvalue weighted by atomic mass is 10.1. The molecule has 0 bridgehead atoms. The predicted octanol–water partition coefficient (Wildman–Crippen LogP) is 4.99. The van der Waals surface area contributed by atoms with Crippen molar-refractivity contribution in [2.45, 2.75) is 18.0 Å². The van der Waals surface area contributed by atoms with Crippen molar-refractivity contribution in [3.63, 3.8) is 0 Å². The van der Waals surface area contributed by atoms with E-state index in [2.05, 4.69) is 15.9 Å². The van der Waals surface area contributed by atoms with E-state index in [1.807, 2.05) is 0 Å². The molecule has 0 radical (unpaired) electrons. The van der Waals surface area contributed by atoms with Crippen molar-refractivity contribution in [3.05, 3.63) is 33.6 Å². The van der Waals surface area contributed by atoms with Crippen molar-refractivity contribution in [2.75, 3.05) is 17.3 Å². The standard InChI is InChI=1S/C15H8BrClF7NO4/c16-3-4-28-11-9(17)7-2-1-6(5-8(7)10(26)29-11)25-12(27)13(18,19)14(20,21)15(22,23)24/h1-2,5H,3-4H2,(H,25,27). The van der Waals surface area contributed by atoms with Crippen LogP contribution in [0.5, 0.6) is 5.95 Å². The van der Waals surface area contributed by atoms with Crippen LogP contribution in [0.2, 0.25) is 5.02 Å². The first kappa shape index (κ1) is 23.3. The third-order valence-corrected chi connectivity index (χ3v) is 4.13. The number of hydrogen-bond donors (Lipinski definition) is 1. The number of ether oxygens (including phenoxy) is 1. The molecule has 14 heteroatoms. The highest BCUT2D eigenvalue weighted by Gasteiger charge is 2.76. The van der Waals surface area contributed by atoms with Gasteiger partial charge in [0.15, 0.2) is 0 Å². The molecular weight excluding hydrogens is 507 g/mol. The number of alkyl halides is 8. The highest BCUT2D eigenvalue weighted by atomic mass is 79.9. The highest BCUT2D eigenvalue weighted by molar-refractivity contribution is 9.09. The van der Waals surface area contributed by atoms with Crippen molar-refractivity contribution < 1.29 is 44.7 Å². The number of benzene rings is 1. The maximum absolute atomic E-state index is 13.4. The molecule has 1 amide bonds. The quantitative estimate of drug-likeness (QED) is 0.436. The fourth-order valence-electron chi connectivity index (χ4n) is 2.03. The molecule has 0 atom stereocenters. The second-order valence-electron chi connectivity index (χ2n) is 5.39. The van der Waals surface area contributed by atoms with Crippen LogP contribution in [-0.4, -0.2) is 35.9 Å². The van der Waals surface area contributed by atoms with Gasteiger partial charge in [-0.1, -0.05) is 33.6 Å². The van der Waals surface area contributed by atoms with Gasteiger partial charge in [0.1, 0.15) is 11.6 Å². The molecule has 160 valence electrons. The Morgan fingerprint density at radius 3 is 2.31 bits per heavy atom. The number of halogens is 9. The van der Waals surface area contributed by atoms with E-state index in [9.17, 15) is 40.3 Å². The van der Waals surface area contributed by atoms with Crippen molar-refractivity contribution in [2.24, 2.45) is 0 Å². The van der Waals surface area contributed by atoms with Gasteiger partial charge in [-0.25, -0.2) is 4.79 Å². The molecule has 1 N–H and O–H groups in total. The molecule has 1 aromatic carbocycles. The number of carbonyl (C=O) groups excluding carboxylic acids is 1. The SMILES string of the molecule is O=C(Nc1ccc2c(Cl)c(OCCBr)oc(=O)c2c1)C(F)(F)C(F)(F)C(F)(F)F. The third kappa shape index (κ3) is 4.29. The van der Waals surface area contributed by atoms with Gasteiger partial charge in [-0.3, -0.25) is 4.79 Å². The Morgan fingerprint density at radius 2 is 1.76 bits per heavy atom. The first-order valence-corrected chi connectivity index (χ1v) is 8.83. The van der Waals surface area contributed by atoms with E-state index >= 15 is 0 Å². The van der Waals surface area contributed by atoms with Gasteiger partial charge in [-0.15, -0.1) is 0 Å². The molecule has 2 rings (SSSR count). The van der Waals surface area contributed by atoms with Crippen LogP contribution in [0.1, 0.15) is 0 Å². The molecule has 0 aliphatic heterocycles. The number of nitrogens with one attached hydrogen (secondary N) is 1. The van der Waals surface area contributed by atoms with Crippen LogP contribution in [0.25, 0.3) is 10.8 Å². The Bertz CT molecular complexity index is 993. The summed E-state index contributed by atoms with van der Waals surface area (Å²) in [5.41, 5.74) is -1.75. The van der Waals surface area contributed by atoms with E-state index in [-0.39, 0.29) is 28.3 Å². The zero-order chi connectivity index (χ0) is 22.2. The van der Waals surface area contributed by atoms with Crippen molar-refractivity contribution in [1.29, 1.82) is 0 Å². The van der Waals surface area contributed by atoms with Crippen LogP contribution in [0, 0.1) is 0 Å². The average Bonchev–Trinajstić information content (AvgIpc) is 2.62. The van der Waals surface area contributed by atoms with Gasteiger partial charge in [0.05, 0.1) is 5.39 Å². The van der Waals surface area contributed by atoms with E-state index in [1.165, 1.54) is 5.32 Å². The molecule has 0 fully saturated rings. The van der Waals surface area contributed by atoms with Crippen LogP contribution >= 0.6 is 27.5 Å². The Hall–Kier alpha value is -2.02. The Morgan fingerprint density at radius 1 is 1.14 bits per heavy atom. The lowest BCUT2D eigenvalue weighted by Crippen LogP contribution is -2.57. The molecule has 0 saturated heterocycles. The number of rotatable bonds is 6. The van der Waals surface area contributed by atoms with Crippen LogP contribution in [0.3, 0.4) is 0 Å². The zero-order valence-electron chi connectivity index (χ0n) is 13.7. The summed E-state index contributed by atoms with van der Waals surface area (Å²) in [6, 6.07) is 2.62. The molecule has 5 nitrogen and oxygen atoms in total. The summed E-state index contributed by atoms with van der Waals surface area (Å²) in [5, 5.41) is 1.03. The summed E-state index contributed by atoms with van der Waals surface area (Å²) >= 11 is 9.05. The topological polar surface area (TPSA) is 68.5 Å². The summed E-state index contributed by atoms with van der Waals surface area (Å²) in [7, 11) is 0. The van der Waals surface area contributed by atoms with Crippen LogP contribution in [-0.2, 0) is 4.79 Å². The zero-order valence-corrected chi connectivity index (χ0v) is 16.0. The molecule has 0 unspecified atom stereocenters. The molecule has 2 aromatic rings. The molecule has 1 aromatic heterocycles. The summed E-state index contributed by atoms with van der Waals surface area (Å²) in [6.45, 7) is 0.0742. The molecule has 0 aliphatic rings. The second-order valence-corrected chi connectivity index (χ2v) is 6.56. The summed E-state index contributed by atoms with van der Waals surface area (Å²) in [6.07, 6.45) is -6.67. The van der Waals surface area contributed by atoms with Gasteiger partial charge in [0, 0.05) is 16.4 Å². The van der Waals surface area contributed by atoms with Gasteiger partial charge < -0.3 is 14.5 Å². The molecule has 29 heavy (non-hydrogen) atoms. The van der Waals surface area contributed by atoms with Gasteiger partial charge in [-0.2, -0.15) is 30.7 Å². The fourth-order valence-corrected chi connectivity index (χ4v) is 2.45. The van der Waals surface area contributed by atoms with Gasteiger partial charge in [0.25, 0.3) is 0 Å². The number of amides is 1. The maximum Gasteiger partial charge on any atom is 0.460 e.